The Balaban J connectivity index is 1.58. The van der Waals surface area contributed by atoms with Gasteiger partial charge in [-0.3, -0.25) is 4.79 Å². The smallest absolute Gasteiger partial charge is 0.396 e. The molecular weight excluding hydrogens is 613 g/mol. The predicted octanol–water partition coefficient (Wildman–Crippen LogP) is 6.35. The van der Waals surface area contributed by atoms with Crippen LogP contribution in [0.15, 0.2) is 77.7 Å². The molecule has 0 spiro atoms. The molecule has 0 aromatic carbocycles. The summed E-state index contributed by atoms with van der Waals surface area (Å²) < 4.78 is 42.9. The van der Waals surface area contributed by atoms with Crippen molar-refractivity contribution in [2.45, 2.75) is 66.1 Å². The van der Waals surface area contributed by atoms with Gasteiger partial charge < -0.3 is 31.2 Å². The molecule has 0 radical (unpaired) electrons. The summed E-state index contributed by atoms with van der Waals surface area (Å²) in [6.07, 6.45) is 10.2. The number of carbonyl (C=O) groups excluding carboxylic acids is 1. The molecule has 1 unspecified atom stereocenters. The predicted molar refractivity (Wildman–Crippen MR) is 182 cm³/mol. The number of imidazole rings is 1. The van der Waals surface area contributed by atoms with Gasteiger partial charge in [0.1, 0.15) is 0 Å². The molecule has 0 bridgehead atoms. The fraction of sp³-hybridized carbons (Fsp3) is 0.424. The quantitative estimate of drug-likeness (QED) is 0.165. The Morgan fingerprint density at radius 2 is 2.00 bits per heavy atom. The van der Waals surface area contributed by atoms with Crippen molar-refractivity contribution >= 4 is 33.8 Å². The number of allylic oxidation sites excluding steroid dienone is 8. The third-order valence-corrected chi connectivity index (χ3v) is 8.48. The zero-order chi connectivity index (χ0) is 33.9. The number of aromatic nitrogens is 3. The van der Waals surface area contributed by atoms with Gasteiger partial charge in [-0.25, -0.2) is 9.97 Å². The number of amides is 1. The highest BCUT2D eigenvalue weighted by molar-refractivity contribution is 7.16. The van der Waals surface area contributed by atoms with Gasteiger partial charge in [-0.2, -0.15) is 13.2 Å². The number of carbonyl (C=O) groups is 1. The van der Waals surface area contributed by atoms with E-state index in [9.17, 15) is 18.0 Å². The minimum absolute atomic E-state index is 0.0539. The van der Waals surface area contributed by atoms with E-state index in [0.29, 0.717) is 34.8 Å². The van der Waals surface area contributed by atoms with Crippen LogP contribution in [-0.4, -0.2) is 64.2 Å². The van der Waals surface area contributed by atoms with Crippen molar-refractivity contribution in [3.63, 3.8) is 0 Å². The Kier molecular flexibility index (Phi) is 13.4. The number of aryl methyl sites for hydroxylation is 1. The summed E-state index contributed by atoms with van der Waals surface area (Å²) in [5.41, 5.74) is 9.12. The zero-order valence-electron chi connectivity index (χ0n) is 27.3. The van der Waals surface area contributed by atoms with Gasteiger partial charge in [0.2, 0.25) is 5.91 Å². The average Bonchev–Trinajstić information content (AvgIpc) is 3.61. The largest absolute Gasteiger partial charge is 0.416 e. The Morgan fingerprint density at radius 3 is 2.65 bits per heavy atom. The van der Waals surface area contributed by atoms with Crippen molar-refractivity contribution in [3.8, 4) is 0 Å². The van der Waals surface area contributed by atoms with E-state index >= 15 is 0 Å². The van der Waals surface area contributed by atoms with E-state index in [0.717, 1.165) is 47.4 Å². The maximum atomic E-state index is 13.8. The maximum Gasteiger partial charge on any atom is 0.416 e. The molecule has 1 aliphatic carbocycles. The standard InChI is InChI=1S/C33H45F3N8OS/c1-7-27(11-9-22(3)24(5)39-18-29(37)30-19-40-32(46-30)38-13-14-43(6)8-2)42-31(45)16-25-10-12-28(44-20-23(4)41-21-44)17-26(15-25)33(34,35)36/h9-11,15,17-21,24,39H,7-8,12-14,16,37H2,1-6H3,(H,38,40)(H,42,45)/b22-9-,27-11+,29-18-. The number of likely N-dealkylation sites (N-methyl/N-ethyl adjacent to an activating group) is 1. The molecule has 3 rings (SSSR count). The summed E-state index contributed by atoms with van der Waals surface area (Å²) in [6.45, 7) is 12.4. The number of rotatable bonds is 15. The van der Waals surface area contributed by atoms with Gasteiger partial charge >= 0.3 is 6.18 Å². The number of nitrogens with one attached hydrogen (secondary N) is 3. The summed E-state index contributed by atoms with van der Waals surface area (Å²) in [7, 11) is 2.07. The second-order valence-electron chi connectivity index (χ2n) is 11.2. The van der Waals surface area contributed by atoms with Crippen molar-refractivity contribution in [2.75, 3.05) is 32.0 Å². The lowest BCUT2D eigenvalue weighted by atomic mass is 10.1. The number of nitrogens with zero attached hydrogens (tertiary/aromatic N) is 4. The van der Waals surface area contributed by atoms with Gasteiger partial charge in [0.05, 0.1) is 34.6 Å². The van der Waals surface area contributed by atoms with Crippen molar-refractivity contribution < 1.29 is 18.0 Å². The molecule has 0 saturated carbocycles. The summed E-state index contributed by atoms with van der Waals surface area (Å²) in [6, 6.07) is -0.0539. The van der Waals surface area contributed by atoms with Gasteiger partial charge in [0.25, 0.3) is 0 Å². The average molecular weight is 659 g/mol. The first-order chi connectivity index (χ1) is 21.8. The zero-order valence-corrected chi connectivity index (χ0v) is 28.1. The van der Waals surface area contributed by atoms with Crippen LogP contribution in [-0.2, 0) is 4.79 Å². The molecule has 2 heterocycles. The molecule has 46 heavy (non-hydrogen) atoms. The molecule has 1 amide bonds. The minimum atomic E-state index is -4.56. The molecule has 9 nitrogen and oxygen atoms in total. The number of hydrogen-bond donors (Lipinski definition) is 4. The lowest BCUT2D eigenvalue weighted by Crippen LogP contribution is -2.24. The molecule has 13 heteroatoms. The lowest BCUT2D eigenvalue weighted by Gasteiger charge is -2.14. The van der Waals surface area contributed by atoms with E-state index in [2.05, 4.69) is 44.8 Å². The SMILES string of the molecule is CC/C(=C\C=C(\C)C(C)N/C=C(\N)c1cnc(NCCN(C)CC)s1)NC(=O)CC1=CCC(n2cnc(C)c2)=CC(C(F)(F)F)=C1. The number of thiazole rings is 1. The van der Waals surface area contributed by atoms with Crippen molar-refractivity contribution in [1.29, 1.82) is 0 Å². The van der Waals surface area contributed by atoms with E-state index in [1.54, 1.807) is 36.2 Å². The Morgan fingerprint density at radius 1 is 1.24 bits per heavy atom. The third kappa shape index (κ3) is 11.4. The number of nitrogens with two attached hydrogens (primary N) is 1. The molecule has 2 aromatic heterocycles. The highest BCUT2D eigenvalue weighted by Crippen LogP contribution is 2.33. The molecule has 5 N–H and O–H groups in total. The van der Waals surface area contributed by atoms with Crippen molar-refractivity contribution in [2.24, 2.45) is 5.73 Å². The van der Waals surface area contributed by atoms with E-state index in [4.69, 9.17) is 5.73 Å². The highest BCUT2D eigenvalue weighted by Gasteiger charge is 2.33. The normalized spacial score (nSPS) is 15.6. The van der Waals surface area contributed by atoms with Crippen LogP contribution in [0.3, 0.4) is 0 Å². The van der Waals surface area contributed by atoms with Crippen LogP contribution >= 0.6 is 11.3 Å². The third-order valence-electron chi connectivity index (χ3n) is 7.47. The summed E-state index contributed by atoms with van der Waals surface area (Å²) in [4.78, 5) is 24.5. The number of alkyl halides is 3. The number of hydrogen-bond acceptors (Lipinski definition) is 8. The van der Waals surface area contributed by atoms with E-state index in [-0.39, 0.29) is 24.8 Å². The molecule has 0 saturated heterocycles. The van der Waals surface area contributed by atoms with Crippen LogP contribution in [0.5, 0.6) is 0 Å². The Hall–Kier alpha value is -4.10. The molecule has 250 valence electrons. The van der Waals surface area contributed by atoms with Gasteiger partial charge in [-0.15, -0.1) is 0 Å². The molecular formula is C33H45F3N8OS. The van der Waals surface area contributed by atoms with Crippen molar-refractivity contribution in [3.05, 3.63) is 88.3 Å². The Bertz CT molecular complexity index is 1530. The minimum Gasteiger partial charge on any atom is -0.396 e. The van der Waals surface area contributed by atoms with Crippen LogP contribution in [0.1, 0.15) is 57.5 Å². The number of halogens is 3. The molecule has 2 aromatic rings. The van der Waals surface area contributed by atoms with Crippen LogP contribution < -0.4 is 21.7 Å². The first-order valence-corrected chi connectivity index (χ1v) is 16.1. The van der Waals surface area contributed by atoms with Crippen LogP contribution in [0, 0.1) is 6.92 Å². The monoisotopic (exact) mass is 658 g/mol. The first-order valence-electron chi connectivity index (χ1n) is 15.3. The molecule has 0 aliphatic heterocycles. The van der Waals surface area contributed by atoms with Crippen molar-refractivity contribution in [1.82, 2.24) is 30.1 Å². The highest BCUT2D eigenvalue weighted by atomic mass is 32.1. The first kappa shape index (κ1) is 36.4. The van der Waals surface area contributed by atoms with Gasteiger partial charge in [0, 0.05) is 55.5 Å². The lowest BCUT2D eigenvalue weighted by molar-refractivity contribution is -0.119. The van der Waals surface area contributed by atoms with Gasteiger partial charge in [-0.05, 0) is 64.6 Å². The Labute approximate surface area is 273 Å². The van der Waals surface area contributed by atoms with Crippen LogP contribution in [0.4, 0.5) is 18.3 Å². The second kappa shape index (κ2) is 17.0. The number of anilines is 1. The molecule has 0 fully saturated rings. The topological polar surface area (TPSA) is 113 Å². The fourth-order valence-corrected chi connectivity index (χ4v) is 5.04. The fourth-order valence-electron chi connectivity index (χ4n) is 4.27. The summed E-state index contributed by atoms with van der Waals surface area (Å²) in [5.74, 6) is -0.386. The van der Waals surface area contributed by atoms with E-state index < -0.39 is 11.7 Å². The van der Waals surface area contributed by atoms with E-state index in [1.807, 2.05) is 32.9 Å². The summed E-state index contributed by atoms with van der Waals surface area (Å²) in [5, 5.41) is 10.3. The molecule has 1 atom stereocenters. The maximum absolute atomic E-state index is 13.8. The van der Waals surface area contributed by atoms with E-state index in [1.165, 1.54) is 17.7 Å². The van der Waals surface area contributed by atoms with Crippen LogP contribution in [0.25, 0.3) is 11.4 Å². The molecule has 1 aliphatic rings. The van der Waals surface area contributed by atoms with Gasteiger partial charge in [-0.1, -0.05) is 42.9 Å². The van der Waals surface area contributed by atoms with Crippen LogP contribution in [0.2, 0.25) is 0 Å². The second-order valence-corrected chi connectivity index (χ2v) is 12.2. The summed E-state index contributed by atoms with van der Waals surface area (Å²) >= 11 is 1.49. The van der Waals surface area contributed by atoms with Gasteiger partial charge in [0.15, 0.2) is 5.13 Å².